The lowest BCUT2D eigenvalue weighted by molar-refractivity contribution is -0.137. The smallest absolute Gasteiger partial charge is 0.416 e. The molecule has 3 nitrogen and oxygen atoms in total. The molecule has 0 radical (unpaired) electrons. The first-order chi connectivity index (χ1) is 11.2. The molecule has 0 saturated carbocycles. The Kier molecular flexibility index (Phi) is 5.17. The third kappa shape index (κ3) is 4.28. The number of hydrogen-bond donors (Lipinski definition) is 1. The van der Waals surface area contributed by atoms with Gasteiger partial charge < -0.3 is 9.84 Å². The van der Waals surface area contributed by atoms with Crippen molar-refractivity contribution in [1.82, 2.24) is 0 Å². The summed E-state index contributed by atoms with van der Waals surface area (Å²) in [5, 5.41) is 9.27. The monoisotopic (exact) mass is 338 g/mol. The van der Waals surface area contributed by atoms with E-state index in [1.54, 1.807) is 12.1 Å². The highest BCUT2D eigenvalue weighted by Crippen LogP contribution is 2.30. The predicted molar refractivity (Wildman–Crippen MR) is 83.3 cm³/mol. The van der Waals surface area contributed by atoms with Gasteiger partial charge in [-0.2, -0.15) is 13.2 Å². The summed E-state index contributed by atoms with van der Waals surface area (Å²) in [6.07, 6.45) is -4.41. The molecule has 0 saturated heterocycles. The minimum absolute atomic E-state index is 0.0358. The van der Waals surface area contributed by atoms with Gasteiger partial charge in [-0.3, -0.25) is 0 Å². The second-order valence-electron chi connectivity index (χ2n) is 5.70. The third-order valence-electron chi connectivity index (χ3n) is 3.54. The first-order valence-electron chi connectivity index (χ1n) is 7.34. The van der Waals surface area contributed by atoms with E-state index in [0.717, 1.165) is 12.1 Å². The normalized spacial score (nSPS) is 11.6. The van der Waals surface area contributed by atoms with Gasteiger partial charge in [0.15, 0.2) is 0 Å². The number of carbonyl (C=O) groups is 1. The summed E-state index contributed by atoms with van der Waals surface area (Å²) < 4.78 is 43.5. The molecule has 0 amide bonds. The molecule has 1 N–H and O–H groups in total. The summed E-state index contributed by atoms with van der Waals surface area (Å²) in [4.78, 5) is 11.3. The van der Waals surface area contributed by atoms with Gasteiger partial charge in [0.1, 0.15) is 12.4 Å². The van der Waals surface area contributed by atoms with Gasteiger partial charge in [0.2, 0.25) is 0 Å². The van der Waals surface area contributed by atoms with Crippen LogP contribution in [0.1, 0.15) is 46.8 Å². The molecule has 2 aromatic rings. The molecular weight excluding hydrogens is 321 g/mol. The number of carboxylic acid groups (broad SMARTS) is 1. The molecule has 2 rings (SSSR count). The molecule has 128 valence electrons. The number of ether oxygens (including phenoxy) is 1. The molecule has 6 heteroatoms. The van der Waals surface area contributed by atoms with E-state index in [2.05, 4.69) is 0 Å². The number of alkyl halides is 3. The Morgan fingerprint density at radius 2 is 1.88 bits per heavy atom. The average molecular weight is 338 g/mol. The standard InChI is InChI=1S/C18H17F3O3/c1-11(2)15-7-6-14(9-16(15)17(22)23)24-10-12-4-3-5-13(8-12)18(19,20)21/h3-9,11H,10H2,1-2H3,(H,22,23). The fraction of sp³-hybridized carbons (Fsp3) is 0.278. The van der Waals surface area contributed by atoms with Crippen LogP contribution < -0.4 is 4.74 Å². The maximum Gasteiger partial charge on any atom is 0.416 e. The van der Waals surface area contributed by atoms with Crippen LogP contribution in [0.25, 0.3) is 0 Å². The SMILES string of the molecule is CC(C)c1ccc(OCc2cccc(C(F)(F)F)c2)cc1C(=O)O. The van der Waals surface area contributed by atoms with Crippen molar-refractivity contribution < 1.29 is 27.8 Å². The first kappa shape index (κ1) is 17.8. The molecule has 0 aliphatic heterocycles. The lowest BCUT2D eigenvalue weighted by atomic mass is 9.97. The van der Waals surface area contributed by atoms with Crippen LogP contribution in [0, 0.1) is 0 Å². The molecule has 0 heterocycles. The van der Waals surface area contributed by atoms with E-state index in [9.17, 15) is 23.1 Å². The van der Waals surface area contributed by atoms with E-state index < -0.39 is 17.7 Å². The zero-order valence-corrected chi connectivity index (χ0v) is 13.2. The van der Waals surface area contributed by atoms with Crippen LogP contribution in [0.5, 0.6) is 5.75 Å². The predicted octanol–water partition coefficient (Wildman–Crippen LogP) is 5.11. The highest BCUT2D eigenvalue weighted by atomic mass is 19.4. The molecule has 24 heavy (non-hydrogen) atoms. The lowest BCUT2D eigenvalue weighted by Gasteiger charge is -2.13. The number of aromatic carboxylic acids is 1. The molecule has 0 unspecified atom stereocenters. The topological polar surface area (TPSA) is 46.5 Å². The summed E-state index contributed by atoms with van der Waals surface area (Å²) in [5.41, 5.74) is 0.417. The highest BCUT2D eigenvalue weighted by Gasteiger charge is 2.30. The molecule has 0 fully saturated rings. The summed E-state index contributed by atoms with van der Waals surface area (Å²) in [5.74, 6) is -0.731. The van der Waals surface area contributed by atoms with E-state index >= 15 is 0 Å². The number of benzene rings is 2. The van der Waals surface area contributed by atoms with E-state index in [0.29, 0.717) is 16.9 Å². The Bertz CT molecular complexity index is 737. The van der Waals surface area contributed by atoms with Crippen LogP contribution in [0.3, 0.4) is 0 Å². The molecule has 0 aliphatic rings. The summed E-state index contributed by atoms with van der Waals surface area (Å²) >= 11 is 0. The van der Waals surface area contributed by atoms with Crippen molar-refractivity contribution in [3.8, 4) is 5.75 Å². The second kappa shape index (κ2) is 6.95. The summed E-state index contributed by atoms with van der Waals surface area (Å²) in [6.45, 7) is 3.68. The van der Waals surface area contributed by atoms with Gasteiger partial charge >= 0.3 is 12.1 Å². The number of rotatable bonds is 5. The lowest BCUT2D eigenvalue weighted by Crippen LogP contribution is -2.07. The van der Waals surface area contributed by atoms with Gasteiger partial charge in [-0.1, -0.05) is 32.0 Å². The largest absolute Gasteiger partial charge is 0.489 e. The minimum atomic E-state index is -4.41. The molecule has 0 spiro atoms. The Balaban J connectivity index is 2.18. The summed E-state index contributed by atoms with van der Waals surface area (Å²) in [7, 11) is 0. The van der Waals surface area contributed by atoms with Crippen LogP contribution in [-0.4, -0.2) is 11.1 Å². The Labute approximate surface area is 137 Å². The Morgan fingerprint density at radius 1 is 1.17 bits per heavy atom. The van der Waals surface area contributed by atoms with Gasteiger partial charge in [0, 0.05) is 0 Å². The number of hydrogen-bond acceptors (Lipinski definition) is 2. The van der Waals surface area contributed by atoms with Gasteiger partial charge in [0.05, 0.1) is 11.1 Å². The third-order valence-corrected chi connectivity index (χ3v) is 3.54. The minimum Gasteiger partial charge on any atom is -0.489 e. The van der Waals surface area contributed by atoms with Gasteiger partial charge in [-0.25, -0.2) is 4.79 Å². The molecular formula is C18H17F3O3. The van der Waals surface area contributed by atoms with Crippen molar-refractivity contribution >= 4 is 5.97 Å². The zero-order chi connectivity index (χ0) is 17.9. The van der Waals surface area contributed by atoms with Gasteiger partial charge in [-0.15, -0.1) is 0 Å². The maximum atomic E-state index is 12.7. The van der Waals surface area contributed by atoms with E-state index in [1.165, 1.54) is 18.2 Å². The van der Waals surface area contributed by atoms with Crippen LogP contribution in [0.4, 0.5) is 13.2 Å². The average Bonchev–Trinajstić information content (AvgIpc) is 2.52. The molecule has 0 bridgehead atoms. The summed E-state index contributed by atoms with van der Waals surface area (Å²) in [6, 6.07) is 9.52. The Hall–Kier alpha value is -2.50. The van der Waals surface area contributed by atoms with Crippen LogP contribution >= 0.6 is 0 Å². The number of carboxylic acids is 1. The van der Waals surface area contributed by atoms with Crippen LogP contribution in [0.15, 0.2) is 42.5 Å². The van der Waals surface area contributed by atoms with E-state index in [1.807, 2.05) is 13.8 Å². The fourth-order valence-corrected chi connectivity index (χ4v) is 2.32. The van der Waals surface area contributed by atoms with Gasteiger partial charge in [0.25, 0.3) is 0 Å². The van der Waals surface area contributed by atoms with Crippen molar-refractivity contribution in [2.45, 2.75) is 32.5 Å². The zero-order valence-electron chi connectivity index (χ0n) is 13.2. The van der Waals surface area contributed by atoms with E-state index in [-0.39, 0.29) is 18.1 Å². The maximum absolute atomic E-state index is 12.7. The van der Waals surface area contributed by atoms with Crippen molar-refractivity contribution in [2.24, 2.45) is 0 Å². The second-order valence-corrected chi connectivity index (χ2v) is 5.70. The molecule has 0 aromatic heterocycles. The Morgan fingerprint density at radius 3 is 2.46 bits per heavy atom. The van der Waals surface area contributed by atoms with Crippen molar-refractivity contribution in [2.75, 3.05) is 0 Å². The molecule has 0 atom stereocenters. The molecule has 2 aromatic carbocycles. The van der Waals surface area contributed by atoms with Gasteiger partial charge in [-0.05, 0) is 41.3 Å². The first-order valence-corrected chi connectivity index (χ1v) is 7.34. The van der Waals surface area contributed by atoms with Crippen molar-refractivity contribution in [3.05, 3.63) is 64.7 Å². The fourth-order valence-electron chi connectivity index (χ4n) is 2.32. The number of halogens is 3. The van der Waals surface area contributed by atoms with Crippen LogP contribution in [-0.2, 0) is 12.8 Å². The van der Waals surface area contributed by atoms with Crippen molar-refractivity contribution in [3.63, 3.8) is 0 Å². The molecule has 0 aliphatic carbocycles. The van der Waals surface area contributed by atoms with E-state index in [4.69, 9.17) is 4.74 Å². The van der Waals surface area contributed by atoms with Crippen molar-refractivity contribution in [1.29, 1.82) is 0 Å². The van der Waals surface area contributed by atoms with Crippen LogP contribution in [0.2, 0.25) is 0 Å². The quantitative estimate of drug-likeness (QED) is 0.824. The highest BCUT2D eigenvalue weighted by molar-refractivity contribution is 5.90.